The van der Waals surface area contributed by atoms with Gasteiger partial charge >= 0.3 is 0 Å². The molecule has 1 saturated carbocycles. The summed E-state index contributed by atoms with van der Waals surface area (Å²) >= 11 is 6.09. The molecule has 1 aliphatic rings. The van der Waals surface area contributed by atoms with Crippen LogP contribution in [0.4, 0.5) is 5.13 Å². The van der Waals surface area contributed by atoms with Crippen molar-refractivity contribution in [2.45, 2.75) is 38.5 Å². The minimum atomic E-state index is -0.150. The third kappa shape index (κ3) is 4.99. The Balaban J connectivity index is 1.82. The van der Waals surface area contributed by atoms with Crippen LogP contribution in [0.25, 0.3) is 0 Å². The number of nitrogens with one attached hydrogen (secondary N) is 2. The molecule has 0 radical (unpaired) electrons. The number of hydrogen-bond acceptors (Lipinski definition) is 6. The molecule has 1 heterocycles. The lowest BCUT2D eigenvalue weighted by atomic mass is 9.99. The fourth-order valence-corrected chi connectivity index (χ4v) is 3.67. The zero-order valence-corrected chi connectivity index (χ0v) is 13.9. The van der Waals surface area contributed by atoms with Crippen molar-refractivity contribution >= 4 is 45.5 Å². The summed E-state index contributed by atoms with van der Waals surface area (Å²) in [6.07, 6.45) is 3.45. The van der Waals surface area contributed by atoms with Crippen LogP contribution >= 0.6 is 23.6 Å². The molecule has 0 bridgehead atoms. The summed E-state index contributed by atoms with van der Waals surface area (Å²) < 4.78 is 0. The number of Topliss-reactive ketones (excluding diaryl/α,β-unsaturated/α-hetero) is 1. The molecule has 0 aromatic carbocycles. The van der Waals surface area contributed by atoms with Crippen LogP contribution in [-0.4, -0.2) is 33.5 Å². The van der Waals surface area contributed by atoms with E-state index in [1.165, 1.54) is 18.3 Å². The van der Waals surface area contributed by atoms with Gasteiger partial charge in [0.25, 0.3) is 0 Å². The molecule has 1 aromatic rings. The van der Waals surface area contributed by atoms with E-state index in [1.807, 2.05) is 0 Å². The number of ketones is 1. The molecule has 4 N–H and O–H groups in total. The van der Waals surface area contributed by atoms with Crippen LogP contribution in [0.5, 0.6) is 0 Å². The lowest BCUT2D eigenvalue weighted by Gasteiger charge is -2.09. The van der Waals surface area contributed by atoms with Crippen LogP contribution < -0.4 is 16.4 Å². The molecule has 1 aliphatic carbocycles. The van der Waals surface area contributed by atoms with Crippen molar-refractivity contribution < 1.29 is 9.59 Å². The molecule has 1 fully saturated rings. The van der Waals surface area contributed by atoms with Gasteiger partial charge in [0.15, 0.2) is 10.9 Å². The number of carbonyl (C=O) groups is 2. The summed E-state index contributed by atoms with van der Waals surface area (Å²) in [5.41, 5.74) is 5.31. The molecule has 1 amide bonds. The molecule has 2 atom stereocenters. The van der Waals surface area contributed by atoms with E-state index in [4.69, 9.17) is 5.73 Å². The van der Waals surface area contributed by atoms with E-state index in [9.17, 15) is 9.59 Å². The second-order valence-corrected chi connectivity index (χ2v) is 6.91. The van der Waals surface area contributed by atoms with E-state index < -0.39 is 0 Å². The number of nitrogens with two attached hydrogens (primary N) is 1. The lowest BCUT2D eigenvalue weighted by Crippen LogP contribution is -2.34. The predicted molar refractivity (Wildman–Crippen MR) is 88.7 cm³/mol. The second kappa shape index (κ2) is 7.59. The molecular weight excluding hydrogens is 322 g/mol. The summed E-state index contributed by atoms with van der Waals surface area (Å²) in [6.45, 7) is 1.64. The molecule has 1 unspecified atom stereocenters. The second-order valence-electron chi connectivity index (χ2n) is 5.46. The van der Waals surface area contributed by atoms with Crippen LogP contribution in [0.3, 0.4) is 0 Å². The fraction of sp³-hybridized carbons (Fsp3) is 0.615. The maximum absolute atomic E-state index is 11.8. The molecule has 22 heavy (non-hydrogen) atoms. The number of anilines is 1. The number of rotatable bonds is 6. The van der Waals surface area contributed by atoms with E-state index >= 15 is 0 Å². The zero-order valence-electron chi connectivity index (χ0n) is 12.3. The van der Waals surface area contributed by atoms with Gasteiger partial charge in [-0.2, -0.15) is 0 Å². The van der Waals surface area contributed by atoms with Crippen molar-refractivity contribution in [2.24, 2.45) is 11.7 Å². The van der Waals surface area contributed by atoms with Gasteiger partial charge < -0.3 is 16.4 Å². The predicted octanol–water partition coefficient (Wildman–Crippen LogP) is 1.17. The summed E-state index contributed by atoms with van der Waals surface area (Å²) in [4.78, 5) is 22.8. The normalized spacial score (nSPS) is 20.6. The molecule has 7 nitrogen and oxygen atoms in total. The minimum absolute atomic E-state index is 0.120. The van der Waals surface area contributed by atoms with Gasteiger partial charge in [0, 0.05) is 19.3 Å². The first-order valence-corrected chi connectivity index (χ1v) is 8.32. The first-order chi connectivity index (χ1) is 10.4. The van der Waals surface area contributed by atoms with Crippen LogP contribution in [0.15, 0.2) is 0 Å². The molecule has 1 aromatic heterocycles. The molecular formula is C13H19N5O2S2. The van der Waals surface area contributed by atoms with Crippen molar-refractivity contribution in [3.63, 3.8) is 0 Å². The van der Waals surface area contributed by atoms with Crippen molar-refractivity contribution in [3.8, 4) is 0 Å². The smallest absolute Gasteiger partial charge is 0.223 e. The van der Waals surface area contributed by atoms with Gasteiger partial charge in [0.1, 0.15) is 5.01 Å². The Hall–Kier alpha value is -1.61. The quantitative estimate of drug-likeness (QED) is 0.666. The number of nitrogens with zero attached hydrogens (tertiary/aromatic N) is 2. The van der Waals surface area contributed by atoms with E-state index in [1.54, 1.807) is 0 Å². The van der Waals surface area contributed by atoms with Crippen LogP contribution in [0.1, 0.15) is 43.5 Å². The maximum atomic E-state index is 11.8. The number of hydrogen-bond donors (Lipinski definition) is 3. The molecule has 0 saturated heterocycles. The highest BCUT2D eigenvalue weighted by Crippen LogP contribution is 2.41. The minimum Gasteiger partial charge on any atom is -0.376 e. The Kier molecular flexibility index (Phi) is 5.78. The van der Waals surface area contributed by atoms with Crippen molar-refractivity contribution in [1.82, 2.24) is 15.5 Å². The van der Waals surface area contributed by atoms with Crippen LogP contribution in [0.2, 0.25) is 0 Å². The topological polar surface area (TPSA) is 110 Å². The Morgan fingerprint density at radius 1 is 1.41 bits per heavy atom. The molecule has 120 valence electrons. The summed E-state index contributed by atoms with van der Waals surface area (Å²) in [5, 5.41) is 15.0. The summed E-state index contributed by atoms with van der Waals surface area (Å²) in [6, 6.07) is 0. The van der Waals surface area contributed by atoms with Gasteiger partial charge in [-0.3, -0.25) is 9.59 Å². The number of amides is 1. The first-order valence-electron chi connectivity index (χ1n) is 7.10. The Morgan fingerprint density at radius 2 is 2.18 bits per heavy atom. The largest absolute Gasteiger partial charge is 0.376 e. The number of thiocarbonyl (C=S) groups is 1. The van der Waals surface area contributed by atoms with Gasteiger partial charge in [-0.1, -0.05) is 11.3 Å². The van der Waals surface area contributed by atoms with Gasteiger partial charge in [0.05, 0.1) is 6.54 Å². The maximum Gasteiger partial charge on any atom is 0.223 e. The summed E-state index contributed by atoms with van der Waals surface area (Å²) in [7, 11) is 0. The highest BCUT2D eigenvalue weighted by atomic mass is 32.1. The third-order valence-corrected chi connectivity index (χ3v) is 4.74. The SMILES string of the molecule is CC(=O)Nc1nnc([C@H]2CCC(CC(=O)CNC(N)=S)C2)s1. The highest BCUT2D eigenvalue weighted by molar-refractivity contribution is 7.80. The molecule has 0 aliphatic heterocycles. The Labute approximate surface area is 138 Å². The van der Waals surface area contributed by atoms with Crippen molar-refractivity contribution in [2.75, 3.05) is 11.9 Å². The highest BCUT2D eigenvalue weighted by Gasteiger charge is 2.29. The van der Waals surface area contributed by atoms with Crippen molar-refractivity contribution in [1.29, 1.82) is 0 Å². The number of carbonyl (C=O) groups excluding carboxylic acids is 2. The molecule has 0 spiro atoms. The zero-order chi connectivity index (χ0) is 16.1. The fourth-order valence-electron chi connectivity index (χ4n) is 2.67. The van der Waals surface area contributed by atoms with E-state index in [0.717, 1.165) is 24.3 Å². The van der Waals surface area contributed by atoms with Gasteiger partial charge in [0.2, 0.25) is 11.0 Å². The average molecular weight is 341 g/mol. The van der Waals surface area contributed by atoms with Crippen molar-refractivity contribution in [3.05, 3.63) is 5.01 Å². The van der Waals surface area contributed by atoms with Gasteiger partial charge in [-0.05, 0) is 37.4 Å². The standard InChI is InChI=1S/C13H19N5O2S2/c1-7(19)16-13-18-17-11(22-13)9-3-2-8(4-9)5-10(20)6-15-12(14)21/h8-9H,2-6H2,1H3,(H3,14,15,21)(H,16,18,19)/t8?,9-/m0/s1. The monoisotopic (exact) mass is 341 g/mol. The van der Waals surface area contributed by atoms with Gasteiger partial charge in [-0.15, -0.1) is 10.2 Å². The van der Waals surface area contributed by atoms with E-state index in [0.29, 0.717) is 23.4 Å². The lowest BCUT2D eigenvalue weighted by molar-refractivity contribution is -0.119. The molecule has 2 rings (SSSR count). The van der Waals surface area contributed by atoms with E-state index in [-0.39, 0.29) is 23.3 Å². The van der Waals surface area contributed by atoms with Crippen LogP contribution in [0, 0.1) is 5.92 Å². The number of aromatic nitrogens is 2. The van der Waals surface area contributed by atoms with Gasteiger partial charge in [-0.25, -0.2) is 0 Å². The third-order valence-electron chi connectivity index (χ3n) is 3.59. The average Bonchev–Trinajstić information content (AvgIpc) is 3.05. The molecule has 9 heteroatoms. The summed E-state index contributed by atoms with van der Waals surface area (Å²) in [5.74, 6) is 0.651. The Bertz CT molecular complexity index is 575. The van der Waals surface area contributed by atoms with Crippen LogP contribution in [-0.2, 0) is 9.59 Å². The Morgan fingerprint density at radius 3 is 2.86 bits per heavy atom. The first kappa shape index (κ1) is 16.8. The van der Waals surface area contributed by atoms with E-state index in [2.05, 4.69) is 33.0 Å².